The second kappa shape index (κ2) is 8.29. The lowest BCUT2D eigenvalue weighted by molar-refractivity contribution is 0.795. The van der Waals surface area contributed by atoms with Crippen molar-refractivity contribution in [3.05, 3.63) is 84.6 Å². The van der Waals surface area contributed by atoms with Crippen molar-refractivity contribution in [2.45, 2.75) is 39.5 Å². The van der Waals surface area contributed by atoms with Gasteiger partial charge in [-0.05, 0) is 39.9 Å². The topological polar surface area (TPSA) is 57.4 Å². The molecule has 0 bridgehead atoms. The number of nitrogens with zero attached hydrogens (tertiary/aromatic N) is 2. The lowest BCUT2D eigenvalue weighted by atomic mass is 9.97. The van der Waals surface area contributed by atoms with Gasteiger partial charge in [0.2, 0.25) is 0 Å². The second-order valence-corrected chi connectivity index (χ2v) is 11.6. The van der Waals surface area contributed by atoms with Crippen molar-refractivity contribution < 1.29 is 0 Å². The number of hydrogen-bond acceptors (Lipinski definition) is 3. The molecule has 3 aromatic heterocycles. The second-order valence-electron chi connectivity index (χ2n) is 10.5. The number of thiophene rings is 1. The normalized spacial score (nSPS) is 12.3. The number of hydrogen-bond donors (Lipinski definition) is 2. The van der Waals surface area contributed by atoms with E-state index in [0.717, 1.165) is 28.4 Å². The monoisotopic (exact) mass is 500 g/mol. The minimum absolute atomic E-state index is 0.350. The molecule has 37 heavy (non-hydrogen) atoms. The molecule has 7 aromatic rings. The predicted molar refractivity (Wildman–Crippen MR) is 158 cm³/mol. The van der Waals surface area contributed by atoms with E-state index >= 15 is 0 Å². The first-order valence-electron chi connectivity index (χ1n) is 12.9. The molecule has 0 radical (unpaired) electrons. The van der Waals surface area contributed by atoms with E-state index in [-0.39, 0.29) is 0 Å². The fourth-order valence-corrected chi connectivity index (χ4v) is 6.33. The molecule has 0 unspecified atom stereocenters. The van der Waals surface area contributed by atoms with E-state index in [0.29, 0.717) is 11.8 Å². The zero-order chi connectivity index (χ0) is 25.3. The Morgan fingerprint density at radius 2 is 1.49 bits per heavy atom. The molecule has 0 fully saturated rings. The van der Waals surface area contributed by atoms with Crippen molar-refractivity contribution in [1.29, 1.82) is 0 Å². The summed E-state index contributed by atoms with van der Waals surface area (Å²) in [6, 6.07) is 24.5. The Balaban J connectivity index is 1.38. The summed E-state index contributed by atoms with van der Waals surface area (Å²) in [4.78, 5) is 17.9. The van der Waals surface area contributed by atoms with Crippen molar-refractivity contribution >= 4 is 54.0 Å². The maximum atomic E-state index is 4.98. The summed E-state index contributed by atoms with van der Waals surface area (Å²) < 4.78 is 1.28. The largest absolute Gasteiger partial charge is 0.342 e. The van der Waals surface area contributed by atoms with Crippen LogP contribution in [0.3, 0.4) is 0 Å². The van der Waals surface area contributed by atoms with Crippen molar-refractivity contribution in [2.24, 2.45) is 0 Å². The van der Waals surface area contributed by atoms with Gasteiger partial charge in [-0.3, -0.25) is 0 Å². The predicted octanol–water partition coefficient (Wildman–Crippen LogP) is 9.39. The fourth-order valence-electron chi connectivity index (χ4n) is 5.24. The third-order valence-corrected chi connectivity index (χ3v) is 8.44. The zero-order valence-electron chi connectivity index (χ0n) is 21.4. The van der Waals surface area contributed by atoms with E-state index in [9.17, 15) is 0 Å². The summed E-state index contributed by atoms with van der Waals surface area (Å²) in [6.07, 6.45) is 1.94. The molecule has 5 heteroatoms. The van der Waals surface area contributed by atoms with E-state index in [1.54, 1.807) is 0 Å². The standard InChI is InChI=1S/C32H28N4S/c1-17(2)31-33-16-26(34-31)19-9-10-21-15-28(37-27(21)14-19)20-11-12-24-25(13-20)22-7-5-6-8-23(22)29-30(24)36-32(35-29)18(3)4/h5-18H,1-4H3,(H,33,34)(H,35,36). The molecule has 0 aliphatic carbocycles. The van der Waals surface area contributed by atoms with Crippen LogP contribution in [0.15, 0.2) is 72.9 Å². The van der Waals surface area contributed by atoms with Gasteiger partial charge < -0.3 is 9.97 Å². The molecule has 0 aliphatic rings. The van der Waals surface area contributed by atoms with Gasteiger partial charge in [0, 0.05) is 37.7 Å². The molecule has 2 N–H and O–H groups in total. The molecule has 4 nitrogen and oxygen atoms in total. The molecule has 0 amide bonds. The highest BCUT2D eigenvalue weighted by Gasteiger charge is 2.16. The van der Waals surface area contributed by atoms with Gasteiger partial charge >= 0.3 is 0 Å². The Bertz CT molecular complexity index is 1950. The molecule has 0 saturated heterocycles. The van der Waals surface area contributed by atoms with Gasteiger partial charge in [0.15, 0.2) is 0 Å². The Hall–Kier alpha value is -3.96. The third-order valence-electron chi connectivity index (χ3n) is 7.29. The Morgan fingerprint density at radius 3 is 2.27 bits per heavy atom. The summed E-state index contributed by atoms with van der Waals surface area (Å²) in [5.41, 5.74) is 5.68. The molecule has 0 atom stereocenters. The van der Waals surface area contributed by atoms with Crippen LogP contribution in [-0.4, -0.2) is 19.9 Å². The minimum atomic E-state index is 0.350. The van der Waals surface area contributed by atoms with Crippen LogP contribution in [0.4, 0.5) is 0 Å². The van der Waals surface area contributed by atoms with Crippen molar-refractivity contribution in [3.8, 4) is 21.7 Å². The molecule has 7 rings (SSSR count). The number of nitrogens with one attached hydrogen (secondary N) is 2. The molecule has 4 aromatic carbocycles. The first-order valence-corrected chi connectivity index (χ1v) is 13.7. The minimum Gasteiger partial charge on any atom is -0.342 e. The van der Waals surface area contributed by atoms with E-state index in [1.807, 2.05) is 17.5 Å². The highest BCUT2D eigenvalue weighted by Crippen LogP contribution is 2.40. The van der Waals surface area contributed by atoms with Crippen molar-refractivity contribution in [2.75, 3.05) is 0 Å². The number of H-pyrrole nitrogens is 2. The summed E-state index contributed by atoms with van der Waals surface area (Å²) in [5.74, 6) is 2.80. The fraction of sp³-hybridized carbons (Fsp3) is 0.188. The van der Waals surface area contributed by atoms with Gasteiger partial charge in [-0.25, -0.2) is 9.97 Å². The van der Waals surface area contributed by atoms with Crippen LogP contribution in [0, 0.1) is 0 Å². The summed E-state index contributed by atoms with van der Waals surface area (Å²) in [6.45, 7) is 8.68. The summed E-state index contributed by atoms with van der Waals surface area (Å²) >= 11 is 1.84. The summed E-state index contributed by atoms with van der Waals surface area (Å²) in [5, 5.41) is 6.20. The third kappa shape index (κ3) is 3.57. The molecule has 182 valence electrons. The van der Waals surface area contributed by atoms with E-state index < -0.39 is 0 Å². The van der Waals surface area contributed by atoms with Crippen LogP contribution < -0.4 is 0 Å². The first kappa shape index (κ1) is 22.3. The summed E-state index contributed by atoms with van der Waals surface area (Å²) in [7, 11) is 0. The van der Waals surface area contributed by atoms with Crippen LogP contribution in [0.5, 0.6) is 0 Å². The number of aromatic nitrogens is 4. The highest BCUT2D eigenvalue weighted by atomic mass is 32.1. The first-order chi connectivity index (χ1) is 18.0. The van der Waals surface area contributed by atoms with E-state index in [4.69, 9.17) is 4.98 Å². The average Bonchev–Trinajstić information content (AvgIpc) is 3.66. The number of imidazole rings is 2. The van der Waals surface area contributed by atoms with E-state index in [1.165, 1.54) is 47.6 Å². The van der Waals surface area contributed by atoms with Crippen LogP contribution in [0.2, 0.25) is 0 Å². The lowest BCUT2D eigenvalue weighted by Crippen LogP contribution is -1.89. The van der Waals surface area contributed by atoms with Gasteiger partial charge in [-0.2, -0.15) is 0 Å². The van der Waals surface area contributed by atoms with Crippen LogP contribution in [0.1, 0.15) is 51.2 Å². The zero-order valence-corrected chi connectivity index (χ0v) is 22.2. The maximum Gasteiger partial charge on any atom is 0.109 e. The average molecular weight is 501 g/mol. The molecular formula is C32H28N4S. The van der Waals surface area contributed by atoms with E-state index in [2.05, 4.69) is 109 Å². The van der Waals surface area contributed by atoms with Gasteiger partial charge in [0.1, 0.15) is 11.6 Å². The Morgan fingerprint density at radius 1 is 0.703 bits per heavy atom. The Kier molecular flexibility index (Phi) is 4.98. The van der Waals surface area contributed by atoms with Crippen LogP contribution >= 0.6 is 11.3 Å². The number of rotatable bonds is 4. The maximum absolute atomic E-state index is 4.98. The SMILES string of the molecule is CC(C)c1ncc(-c2ccc3cc(-c4ccc5c(c4)c4ccccc4c4nc(C(C)C)[nH]c54)sc3c2)[nH]1. The van der Waals surface area contributed by atoms with Crippen LogP contribution in [-0.2, 0) is 0 Å². The number of aromatic amines is 2. The van der Waals surface area contributed by atoms with Crippen LogP contribution in [0.25, 0.3) is 64.4 Å². The molecular weight excluding hydrogens is 472 g/mol. The lowest BCUT2D eigenvalue weighted by Gasteiger charge is -2.08. The van der Waals surface area contributed by atoms with Crippen molar-refractivity contribution in [1.82, 2.24) is 19.9 Å². The number of fused-ring (bicyclic) bond motifs is 7. The molecule has 3 heterocycles. The van der Waals surface area contributed by atoms with Gasteiger partial charge in [0.05, 0.1) is 22.9 Å². The van der Waals surface area contributed by atoms with Crippen molar-refractivity contribution in [3.63, 3.8) is 0 Å². The highest BCUT2D eigenvalue weighted by molar-refractivity contribution is 7.22. The smallest absolute Gasteiger partial charge is 0.109 e. The number of benzene rings is 4. The Labute approximate surface area is 219 Å². The molecule has 0 saturated carbocycles. The van der Waals surface area contributed by atoms with Gasteiger partial charge in [-0.15, -0.1) is 11.3 Å². The van der Waals surface area contributed by atoms with Gasteiger partial charge in [-0.1, -0.05) is 76.2 Å². The molecule has 0 spiro atoms. The molecule has 0 aliphatic heterocycles. The van der Waals surface area contributed by atoms with Gasteiger partial charge in [0.25, 0.3) is 0 Å². The quantitative estimate of drug-likeness (QED) is 0.236.